The minimum atomic E-state index is -4.53. The van der Waals surface area contributed by atoms with Crippen molar-refractivity contribution in [3.63, 3.8) is 0 Å². The fourth-order valence-electron chi connectivity index (χ4n) is 5.41. The van der Waals surface area contributed by atoms with Crippen molar-refractivity contribution >= 4 is 35.1 Å². The Morgan fingerprint density at radius 1 is 1.24 bits per heavy atom. The number of urea groups is 1. The van der Waals surface area contributed by atoms with Crippen molar-refractivity contribution in [3.05, 3.63) is 53.2 Å². The van der Waals surface area contributed by atoms with Crippen LogP contribution in [0.5, 0.6) is 5.88 Å². The summed E-state index contributed by atoms with van der Waals surface area (Å²) < 4.78 is 57.3. The number of piperidine rings is 1. The van der Waals surface area contributed by atoms with Crippen LogP contribution in [0.15, 0.2) is 42.6 Å². The topological polar surface area (TPSA) is 102 Å². The average molecular weight is 605 g/mol. The molecule has 1 N–H and O–H groups in total. The number of carbonyl (C=O) groups excluding carboxylic acids is 1. The molecule has 6 rings (SSSR count). The van der Waals surface area contributed by atoms with Crippen LogP contribution in [0.25, 0.3) is 11.3 Å². The molecule has 2 bridgehead atoms. The summed E-state index contributed by atoms with van der Waals surface area (Å²) in [5.74, 6) is -0.118. The Bertz CT molecular complexity index is 1510. The lowest BCUT2D eigenvalue weighted by Crippen LogP contribution is -2.56. The van der Waals surface area contributed by atoms with Gasteiger partial charge in [0, 0.05) is 30.9 Å². The Hall–Kier alpha value is -3.68. The molecule has 3 aromatic rings. The number of hydrogen-bond acceptors (Lipinski definition) is 8. The Balaban J connectivity index is 1.27. The maximum absolute atomic E-state index is 13.7. The van der Waals surface area contributed by atoms with Crippen LogP contribution < -0.4 is 19.9 Å². The second-order valence-electron chi connectivity index (χ2n) is 10.8. The van der Waals surface area contributed by atoms with E-state index >= 15 is 0 Å². The van der Waals surface area contributed by atoms with Crippen molar-refractivity contribution in [2.45, 2.75) is 50.8 Å². The minimum absolute atomic E-state index is 0.0216. The molecule has 0 saturated carbocycles. The fourth-order valence-corrected chi connectivity index (χ4v) is 5.66. The Kier molecular flexibility index (Phi) is 7.36. The number of anilines is 3. The van der Waals surface area contributed by atoms with Crippen LogP contribution in [0, 0.1) is 0 Å². The number of carbonyl (C=O) groups is 1. The molecule has 0 radical (unpaired) electrons. The van der Waals surface area contributed by atoms with E-state index in [1.165, 1.54) is 23.2 Å². The first-order valence-electron chi connectivity index (χ1n) is 13.5. The molecule has 2 saturated heterocycles. The van der Waals surface area contributed by atoms with Crippen LogP contribution in [0.1, 0.15) is 32.3 Å². The molecule has 222 valence electrons. The summed E-state index contributed by atoms with van der Waals surface area (Å²) in [7, 11) is 0. The van der Waals surface area contributed by atoms with E-state index in [0.29, 0.717) is 24.7 Å². The molecular formula is C28H28ClF3N6O4. The second kappa shape index (κ2) is 10.9. The minimum Gasteiger partial charge on any atom is -0.475 e. The molecule has 1 unspecified atom stereocenters. The molecule has 2 amide bonds. The zero-order valence-corrected chi connectivity index (χ0v) is 23.6. The summed E-state index contributed by atoms with van der Waals surface area (Å²) in [6, 6.07) is 7.26. The van der Waals surface area contributed by atoms with E-state index in [1.807, 2.05) is 13.8 Å². The van der Waals surface area contributed by atoms with Gasteiger partial charge in [-0.2, -0.15) is 18.2 Å². The van der Waals surface area contributed by atoms with Crippen LogP contribution in [0.2, 0.25) is 5.02 Å². The van der Waals surface area contributed by atoms with Gasteiger partial charge in [-0.1, -0.05) is 23.7 Å². The van der Waals surface area contributed by atoms with Crippen molar-refractivity contribution in [2.24, 2.45) is 0 Å². The number of alkyl halides is 3. The molecule has 14 heteroatoms. The normalized spacial score (nSPS) is 21.2. The van der Waals surface area contributed by atoms with Crippen molar-refractivity contribution in [2.75, 3.05) is 41.4 Å². The van der Waals surface area contributed by atoms with Gasteiger partial charge in [-0.15, -0.1) is 0 Å². The van der Waals surface area contributed by atoms with Crippen LogP contribution >= 0.6 is 11.6 Å². The molecule has 0 spiro atoms. The monoisotopic (exact) mass is 604 g/mol. The zero-order chi connectivity index (χ0) is 29.6. The van der Waals surface area contributed by atoms with Crippen LogP contribution in [-0.2, 0) is 15.7 Å². The lowest BCUT2D eigenvalue weighted by atomic mass is 9.99. The molecule has 3 aliphatic rings. The highest BCUT2D eigenvalue weighted by Gasteiger charge is 2.39. The number of benzene rings is 1. The van der Waals surface area contributed by atoms with E-state index in [-0.39, 0.29) is 46.9 Å². The Morgan fingerprint density at radius 3 is 2.83 bits per heavy atom. The summed E-state index contributed by atoms with van der Waals surface area (Å²) in [5.41, 5.74) is 0.146. The second-order valence-corrected chi connectivity index (χ2v) is 11.2. The third-order valence-corrected chi connectivity index (χ3v) is 7.57. The number of ether oxygens (including phenoxy) is 3. The average Bonchev–Trinajstić information content (AvgIpc) is 3.30. The predicted molar refractivity (Wildman–Crippen MR) is 149 cm³/mol. The summed E-state index contributed by atoms with van der Waals surface area (Å²) in [4.78, 5) is 30.5. The van der Waals surface area contributed by atoms with Gasteiger partial charge in [0.15, 0.2) is 11.6 Å². The first-order chi connectivity index (χ1) is 20.0. The third kappa shape index (κ3) is 5.81. The SMILES string of the molecule is CC1(C)OCC(COc2ccnc(NC(=O)N3c4nc(-c5cccc(C(F)(F)F)c5)c(Cl)cc4N4CCC[C@H]3C4)n2)O1. The van der Waals surface area contributed by atoms with Crippen molar-refractivity contribution in [1.29, 1.82) is 0 Å². The Morgan fingerprint density at radius 2 is 2.07 bits per heavy atom. The first-order valence-corrected chi connectivity index (χ1v) is 13.9. The lowest BCUT2D eigenvalue weighted by molar-refractivity contribution is -0.141. The number of fused-ring (bicyclic) bond motifs is 4. The molecule has 5 heterocycles. The van der Waals surface area contributed by atoms with Gasteiger partial charge in [-0.25, -0.2) is 14.8 Å². The molecular weight excluding hydrogens is 577 g/mol. The number of hydrogen-bond donors (Lipinski definition) is 1. The van der Waals surface area contributed by atoms with E-state index in [1.54, 1.807) is 12.1 Å². The highest BCUT2D eigenvalue weighted by atomic mass is 35.5. The quantitative estimate of drug-likeness (QED) is 0.392. The van der Waals surface area contributed by atoms with Gasteiger partial charge in [-0.3, -0.25) is 10.2 Å². The van der Waals surface area contributed by atoms with Crippen LogP contribution in [0.3, 0.4) is 0 Å². The van der Waals surface area contributed by atoms with Crippen molar-refractivity contribution in [1.82, 2.24) is 15.0 Å². The largest absolute Gasteiger partial charge is 0.475 e. The summed E-state index contributed by atoms with van der Waals surface area (Å²) in [6.07, 6.45) is -1.78. The number of rotatable bonds is 5. The molecule has 2 fully saturated rings. The van der Waals surface area contributed by atoms with E-state index in [0.717, 1.165) is 31.5 Å². The van der Waals surface area contributed by atoms with Gasteiger partial charge in [0.25, 0.3) is 0 Å². The number of halogens is 4. The maximum Gasteiger partial charge on any atom is 0.416 e. The predicted octanol–water partition coefficient (Wildman–Crippen LogP) is 5.76. The smallest absolute Gasteiger partial charge is 0.416 e. The highest BCUT2D eigenvalue weighted by Crippen LogP contribution is 2.43. The van der Waals surface area contributed by atoms with E-state index in [9.17, 15) is 18.0 Å². The number of aromatic nitrogens is 3. The number of amides is 2. The van der Waals surface area contributed by atoms with Gasteiger partial charge < -0.3 is 19.1 Å². The Labute approximate surface area is 244 Å². The molecule has 42 heavy (non-hydrogen) atoms. The molecule has 2 aromatic heterocycles. The molecule has 2 atom stereocenters. The molecule has 3 aliphatic heterocycles. The van der Waals surface area contributed by atoms with Gasteiger partial charge in [-0.05, 0) is 44.9 Å². The fraction of sp³-hybridized carbons (Fsp3) is 0.429. The van der Waals surface area contributed by atoms with Gasteiger partial charge >= 0.3 is 12.2 Å². The van der Waals surface area contributed by atoms with Crippen LogP contribution in [0.4, 0.5) is 35.4 Å². The number of nitrogens with zero attached hydrogens (tertiary/aromatic N) is 5. The maximum atomic E-state index is 13.7. The van der Waals surface area contributed by atoms with E-state index < -0.39 is 23.6 Å². The van der Waals surface area contributed by atoms with Crippen molar-refractivity contribution < 1.29 is 32.2 Å². The van der Waals surface area contributed by atoms with E-state index in [2.05, 4.69) is 25.2 Å². The van der Waals surface area contributed by atoms with Gasteiger partial charge in [0.2, 0.25) is 11.8 Å². The molecule has 10 nitrogen and oxygen atoms in total. The lowest BCUT2D eigenvalue weighted by Gasteiger charge is -2.45. The summed E-state index contributed by atoms with van der Waals surface area (Å²) in [6.45, 7) is 5.53. The molecule has 1 aromatic carbocycles. The first kappa shape index (κ1) is 28.4. The number of nitrogens with one attached hydrogen (secondary N) is 1. The molecule has 0 aliphatic carbocycles. The third-order valence-electron chi connectivity index (χ3n) is 7.28. The highest BCUT2D eigenvalue weighted by molar-refractivity contribution is 6.33. The van der Waals surface area contributed by atoms with Crippen LogP contribution in [-0.4, -0.2) is 65.2 Å². The van der Waals surface area contributed by atoms with E-state index in [4.69, 9.17) is 25.8 Å². The number of pyridine rings is 1. The summed E-state index contributed by atoms with van der Waals surface area (Å²) in [5, 5.41) is 2.91. The van der Waals surface area contributed by atoms with Crippen molar-refractivity contribution in [3.8, 4) is 17.1 Å². The van der Waals surface area contributed by atoms with Gasteiger partial charge in [0.05, 0.1) is 34.6 Å². The van der Waals surface area contributed by atoms with Gasteiger partial charge in [0.1, 0.15) is 12.7 Å². The zero-order valence-electron chi connectivity index (χ0n) is 22.8. The summed E-state index contributed by atoms with van der Waals surface area (Å²) >= 11 is 6.57. The standard InChI is InChI=1S/C28H28ClF3N6O4/c1-27(2)41-15-19(42-27)14-40-22-8-9-33-25(34-22)36-26(39)38-18-7-4-10-37(13-18)21-12-20(29)23(35-24(21)38)16-5-3-6-17(11-16)28(30,31)32/h3,5-6,8-9,11-12,18-19H,4,7,10,13-15H2,1-2H3,(H,33,34,36,39)/t18-,19?/m0/s1.